The number of H-pyrrole nitrogens is 1. The first-order valence-corrected chi connectivity index (χ1v) is 8.97. The molecule has 0 saturated carbocycles. The van der Waals surface area contributed by atoms with Crippen molar-refractivity contribution in [3.05, 3.63) is 70.0 Å². The van der Waals surface area contributed by atoms with Crippen LogP contribution in [0, 0.1) is 12.8 Å². The summed E-state index contributed by atoms with van der Waals surface area (Å²) in [5, 5.41) is 0.946. The molecule has 0 fully saturated rings. The van der Waals surface area contributed by atoms with Crippen LogP contribution in [-0.2, 0) is 11.3 Å². The molecule has 0 atom stereocenters. The van der Waals surface area contributed by atoms with Crippen molar-refractivity contribution >= 4 is 22.5 Å². The second-order valence-electron chi connectivity index (χ2n) is 6.99. The molecule has 0 aliphatic heterocycles. The van der Waals surface area contributed by atoms with Crippen molar-refractivity contribution in [2.45, 2.75) is 27.3 Å². The molecule has 1 N–H and O–H groups in total. The number of benzene rings is 2. The molecule has 1 aromatic heterocycles. The van der Waals surface area contributed by atoms with Gasteiger partial charge in [-0.05, 0) is 54.3 Å². The molecule has 0 unspecified atom stereocenters. The number of rotatable bonds is 5. The molecule has 140 valence electrons. The van der Waals surface area contributed by atoms with Crippen molar-refractivity contribution in [1.29, 1.82) is 0 Å². The van der Waals surface area contributed by atoms with E-state index in [1.165, 1.54) is 0 Å². The molecule has 2 aromatic carbocycles. The highest BCUT2D eigenvalue weighted by Crippen LogP contribution is 2.23. The van der Waals surface area contributed by atoms with Crippen molar-refractivity contribution in [2.24, 2.45) is 5.92 Å². The number of fused-ring (bicyclic) bond motifs is 1. The molecule has 0 saturated heterocycles. The van der Waals surface area contributed by atoms with E-state index in [4.69, 9.17) is 4.74 Å². The molecule has 0 bridgehead atoms. The quantitative estimate of drug-likeness (QED) is 0.743. The zero-order valence-corrected chi connectivity index (χ0v) is 16.1. The Kier molecular flexibility index (Phi) is 5.31. The lowest BCUT2D eigenvalue weighted by atomic mass is 10.1. The first-order valence-electron chi connectivity index (χ1n) is 8.97. The normalized spacial score (nSPS) is 11.0. The number of aromatic amines is 1. The second-order valence-corrected chi connectivity index (χ2v) is 6.99. The van der Waals surface area contributed by atoms with Crippen molar-refractivity contribution in [3.63, 3.8) is 0 Å². The molecular formula is C22H24N2O3. The fourth-order valence-corrected chi connectivity index (χ4v) is 3.02. The standard InChI is InChI=1S/C22H24N2O3/c1-14(2)22(26)24(18-7-9-19(27-4)10-8-18)13-17-12-16-6-5-15(3)11-20(16)23-21(17)25/h5-12,14H,13H2,1-4H3,(H,23,25). The molecule has 0 aliphatic carbocycles. The molecule has 27 heavy (non-hydrogen) atoms. The van der Waals surface area contributed by atoms with Gasteiger partial charge in [-0.15, -0.1) is 0 Å². The lowest BCUT2D eigenvalue weighted by Gasteiger charge is -2.25. The number of pyridine rings is 1. The van der Waals surface area contributed by atoms with Crippen LogP contribution in [0.5, 0.6) is 5.75 Å². The minimum atomic E-state index is -0.186. The molecule has 0 spiro atoms. The van der Waals surface area contributed by atoms with Gasteiger partial charge in [0, 0.05) is 22.7 Å². The number of aryl methyl sites for hydroxylation is 1. The number of aromatic nitrogens is 1. The number of nitrogens with zero attached hydrogens (tertiary/aromatic N) is 1. The Morgan fingerprint density at radius 3 is 2.44 bits per heavy atom. The SMILES string of the molecule is COc1ccc(N(Cc2cc3ccc(C)cc3[nH]c2=O)C(=O)C(C)C)cc1. The number of amides is 1. The summed E-state index contributed by atoms with van der Waals surface area (Å²) in [6.45, 7) is 5.90. The van der Waals surface area contributed by atoms with Crippen LogP contribution in [-0.4, -0.2) is 18.0 Å². The van der Waals surface area contributed by atoms with Gasteiger partial charge in [0.2, 0.25) is 5.91 Å². The van der Waals surface area contributed by atoms with Gasteiger partial charge < -0.3 is 14.6 Å². The van der Waals surface area contributed by atoms with Crippen LogP contribution in [0.2, 0.25) is 0 Å². The van der Waals surface area contributed by atoms with E-state index < -0.39 is 0 Å². The van der Waals surface area contributed by atoms with E-state index in [-0.39, 0.29) is 23.9 Å². The summed E-state index contributed by atoms with van der Waals surface area (Å²) < 4.78 is 5.19. The maximum atomic E-state index is 12.8. The molecular weight excluding hydrogens is 340 g/mol. The number of hydrogen-bond acceptors (Lipinski definition) is 3. The van der Waals surface area contributed by atoms with Crippen molar-refractivity contribution < 1.29 is 9.53 Å². The monoisotopic (exact) mass is 364 g/mol. The third-order valence-electron chi connectivity index (χ3n) is 4.55. The summed E-state index contributed by atoms with van der Waals surface area (Å²) >= 11 is 0. The average Bonchev–Trinajstić information content (AvgIpc) is 2.66. The Morgan fingerprint density at radius 2 is 1.81 bits per heavy atom. The average molecular weight is 364 g/mol. The molecule has 1 amide bonds. The summed E-state index contributed by atoms with van der Waals surface area (Å²) in [5.41, 5.74) is 2.99. The predicted molar refractivity (Wildman–Crippen MR) is 108 cm³/mol. The topological polar surface area (TPSA) is 62.4 Å². The van der Waals surface area contributed by atoms with Gasteiger partial charge in [0.15, 0.2) is 0 Å². The van der Waals surface area contributed by atoms with Crippen LogP contribution in [0.1, 0.15) is 25.0 Å². The van der Waals surface area contributed by atoms with E-state index in [1.807, 2.05) is 69.3 Å². The third-order valence-corrected chi connectivity index (χ3v) is 4.55. The Labute approximate surface area is 158 Å². The van der Waals surface area contributed by atoms with E-state index in [9.17, 15) is 9.59 Å². The van der Waals surface area contributed by atoms with E-state index in [2.05, 4.69) is 4.98 Å². The van der Waals surface area contributed by atoms with Gasteiger partial charge in [-0.25, -0.2) is 0 Å². The number of methoxy groups -OCH3 is 1. The van der Waals surface area contributed by atoms with Crippen LogP contribution >= 0.6 is 0 Å². The highest BCUT2D eigenvalue weighted by molar-refractivity contribution is 5.94. The van der Waals surface area contributed by atoms with Gasteiger partial charge in [-0.1, -0.05) is 26.0 Å². The van der Waals surface area contributed by atoms with Crippen molar-refractivity contribution in [2.75, 3.05) is 12.0 Å². The van der Waals surface area contributed by atoms with Gasteiger partial charge in [-0.2, -0.15) is 0 Å². The summed E-state index contributed by atoms with van der Waals surface area (Å²) in [6, 6.07) is 15.1. The summed E-state index contributed by atoms with van der Waals surface area (Å²) in [4.78, 5) is 30.0. The summed E-state index contributed by atoms with van der Waals surface area (Å²) in [6.07, 6.45) is 0. The molecule has 0 aliphatic rings. The fourth-order valence-electron chi connectivity index (χ4n) is 3.02. The van der Waals surface area contributed by atoms with E-state index in [0.29, 0.717) is 5.56 Å². The van der Waals surface area contributed by atoms with E-state index in [0.717, 1.165) is 27.9 Å². The first-order chi connectivity index (χ1) is 12.9. The Balaban J connectivity index is 2.02. The Hall–Kier alpha value is -3.08. The lowest BCUT2D eigenvalue weighted by Crippen LogP contribution is -2.35. The van der Waals surface area contributed by atoms with Crippen LogP contribution < -0.4 is 15.2 Å². The smallest absolute Gasteiger partial charge is 0.253 e. The third kappa shape index (κ3) is 4.03. The van der Waals surface area contributed by atoms with Crippen molar-refractivity contribution in [3.8, 4) is 5.75 Å². The molecule has 5 heteroatoms. The Morgan fingerprint density at radius 1 is 1.11 bits per heavy atom. The van der Waals surface area contributed by atoms with Crippen LogP contribution in [0.25, 0.3) is 10.9 Å². The van der Waals surface area contributed by atoms with Crippen LogP contribution in [0.4, 0.5) is 5.69 Å². The second kappa shape index (κ2) is 7.66. The number of carbonyl (C=O) groups excluding carboxylic acids is 1. The van der Waals surface area contributed by atoms with Gasteiger partial charge >= 0.3 is 0 Å². The zero-order valence-electron chi connectivity index (χ0n) is 16.1. The van der Waals surface area contributed by atoms with Crippen LogP contribution in [0.15, 0.2) is 53.3 Å². The Bertz CT molecular complexity index is 1020. The highest BCUT2D eigenvalue weighted by Gasteiger charge is 2.21. The summed E-state index contributed by atoms with van der Waals surface area (Å²) in [5.74, 6) is 0.493. The maximum absolute atomic E-state index is 12.8. The number of nitrogens with one attached hydrogen (secondary N) is 1. The molecule has 0 radical (unpaired) electrons. The largest absolute Gasteiger partial charge is 0.497 e. The van der Waals surface area contributed by atoms with Crippen LogP contribution in [0.3, 0.4) is 0 Å². The molecule has 1 heterocycles. The molecule has 3 rings (SSSR count). The number of ether oxygens (including phenoxy) is 1. The fraction of sp³-hybridized carbons (Fsp3) is 0.273. The van der Waals surface area contributed by atoms with E-state index in [1.54, 1.807) is 12.0 Å². The number of hydrogen-bond donors (Lipinski definition) is 1. The molecule has 5 nitrogen and oxygen atoms in total. The minimum absolute atomic E-state index is 0.0384. The van der Waals surface area contributed by atoms with Gasteiger partial charge in [0.05, 0.1) is 13.7 Å². The minimum Gasteiger partial charge on any atom is -0.497 e. The number of anilines is 1. The summed E-state index contributed by atoms with van der Waals surface area (Å²) in [7, 11) is 1.60. The van der Waals surface area contributed by atoms with Crippen molar-refractivity contribution in [1.82, 2.24) is 4.98 Å². The molecule has 3 aromatic rings. The maximum Gasteiger partial charge on any atom is 0.253 e. The first kappa shape index (κ1) is 18.7. The van der Waals surface area contributed by atoms with Gasteiger partial charge in [0.25, 0.3) is 5.56 Å². The lowest BCUT2D eigenvalue weighted by molar-refractivity contribution is -0.121. The van der Waals surface area contributed by atoms with E-state index >= 15 is 0 Å². The van der Waals surface area contributed by atoms with Gasteiger partial charge in [0.1, 0.15) is 5.75 Å². The van der Waals surface area contributed by atoms with Gasteiger partial charge in [-0.3, -0.25) is 9.59 Å². The number of carbonyl (C=O) groups is 1. The predicted octanol–water partition coefficient (Wildman–Crippen LogP) is 4.03. The highest BCUT2D eigenvalue weighted by atomic mass is 16.5. The zero-order chi connectivity index (χ0) is 19.6.